The number of alkyl halides is 3. The first-order chi connectivity index (χ1) is 16.7. The summed E-state index contributed by atoms with van der Waals surface area (Å²) in [5.74, 6) is 0.446. The Morgan fingerprint density at radius 1 is 0.886 bits per heavy atom. The first-order valence-electron chi connectivity index (χ1n) is 12.7. The van der Waals surface area contributed by atoms with Crippen LogP contribution in [-0.4, -0.2) is 67.6 Å². The van der Waals surface area contributed by atoms with Crippen molar-refractivity contribution in [3.8, 4) is 5.75 Å². The second-order valence-electron chi connectivity index (χ2n) is 9.74. The van der Waals surface area contributed by atoms with Gasteiger partial charge >= 0.3 is 6.18 Å². The molecule has 4 nitrogen and oxygen atoms in total. The van der Waals surface area contributed by atoms with E-state index in [4.69, 9.17) is 4.74 Å². The SMILES string of the molecule is CCC(CC)N1CCN(Cc2ccc(C(CCN(C)C)Oc3ccc(C(F)(F)F)cc3)cc2)CC1. The summed E-state index contributed by atoms with van der Waals surface area (Å²) in [6.07, 6.45) is -1.42. The van der Waals surface area contributed by atoms with Gasteiger partial charge in [0.2, 0.25) is 0 Å². The quantitative estimate of drug-likeness (QED) is 0.379. The molecule has 35 heavy (non-hydrogen) atoms. The van der Waals surface area contributed by atoms with Crippen LogP contribution in [0.1, 0.15) is 55.9 Å². The molecule has 0 amide bonds. The van der Waals surface area contributed by atoms with E-state index in [-0.39, 0.29) is 6.10 Å². The molecule has 194 valence electrons. The van der Waals surface area contributed by atoms with Gasteiger partial charge in [-0.2, -0.15) is 13.2 Å². The van der Waals surface area contributed by atoms with E-state index in [1.54, 1.807) is 0 Å². The van der Waals surface area contributed by atoms with Crippen molar-refractivity contribution in [2.24, 2.45) is 0 Å². The van der Waals surface area contributed by atoms with Gasteiger partial charge < -0.3 is 9.64 Å². The van der Waals surface area contributed by atoms with Gasteiger partial charge in [-0.15, -0.1) is 0 Å². The fraction of sp³-hybridized carbons (Fsp3) is 0.571. The lowest BCUT2D eigenvalue weighted by atomic mass is 10.0. The van der Waals surface area contributed by atoms with Crippen molar-refractivity contribution in [3.63, 3.8) is 0 Å². The van der Waals surface area contributed by atoms with E-state index in [0.717, 1.165) is 63.4 Å². The van der Waals surface area contributed by atoms with Crippen LogP contribution in [0.5, 0.6) is 5.75 Å². The Bertz CT molecular complexity index is 872. The highest BCUT2D eigenvalue weighted by Crippen LogP contribution is 2.32. The van der Waals surface area contributed by atoms with Crippen molar-refractivity contribution in [2.75, 3.05) is 46.8 Å². The van der Waals surface area contributed by atoms with E-state index >= 15 is 0 Å². The van der Waals surface area contributed by atoms with E-state index in [1.165, 1.54) is 30.5 Å². The largest absolute Gasteiger partial charge is 0.486 e. The van der Waals surface area contributed by atoms with Crippen molar-refractivity contribution in [1.29, 1.82) is 0 Å². The maximum absolute atomic E-state index is 12.9. The van der Waals surface area contributed by atoms with Gasteiger partial charge in [0.05, 0.1) is 5.56 Å². The summed E-state index contributed by atoms with van der Waals surface area (Å²) in [6.45, 7) is 10.7. The lowest BCUT2D eigenvalue weighted by Gasteiger charge is -2.38. The van der Waals surface area contributed by atoms with Crippen LogP contribution in [0.3, 0.4) is 0 Å². The van der Waals surface area contributed by atoms with Crippen molar-refractivity contribution >= 4 is 0 Å². The van der Waals surface area contributed by atoms with Crippen LogP contribution < -0.4 is 4.74 Å². The minimum absolute atomic E-state index is 0.230. The molecule has 1 aliphatic rings. The zero-order valence-electron chi connectivity index (χ0n) is 21.5. The monoisotopic (exact) mass is 491 g/mol. The molecule has 7 heteroatoms. The smallest absolute Gasteiger partial charge is 0.416 e. The number of halogens is 3. The van der Waals surface area contributed by atoms with Gasteiger partial charge in [-0.3, -0.25) is 9.80 Å². The molecule has 0 aliphatic carbocycles. The maximum atomic E-state index is 12.9. The van der Waals surface area contributed by atoms with Crippen LogP contribution in [0.15, 0.2) is 48.5 Å². The molecular formula is C28H40F3N3O. The van der Waals surface area contributed by atoms with Crippen LogP contribution >= 0.6 is 0 Å². The topological polar surface area (TPSA) is 19.0 Å². The second-order valence-corrected chi connectivity index (χ2v) is 9.74. The molecule has 0 saturated carbocycles. The second kappa shape index (κ2) is 12.7. The summed E-state index contributed by atoms with van der Waals surface area (Å²) < 4.78 is 44.8. The lowest BCUT2D eigenvalue weighted by molar-refractivity contribution is -0.137. The van der Waals surface area contributed by atoms with Gasteiger partial charge in [0, 0.05) is 51.7 Å². The highest BCUT2D eigenvalue weighted by atomic mass is 19.4. The minimum atomic E-state index is -4.35. The average molecular weight is 492 g/mol. The predicted molar refractivity (Wildman–Crippen MR) is 136 cm³/mol. The van der Waals surface area contributed by atoms with Gasteiger partial charge in [0.15, 0.2) is 0 Å². The molecular weight excluding hydrogens is 451 g/mol. The Balaban J connectivity index is 1.62. The summed E-state index contributed by atoms with van der Waals surface area (Å²) in [7, 11) is 4.00. The first kappa shape index (κ1) is 27.5. The highest BCUT2D eigenvalue weighted by molar-refractivity contribution is 5.31. The third-order valence-electron chi connectivity index (χ3n) is 6.92. The fourth-order valence-electron chi connectivity index (χ4n) is 4.74. The molecule has 1 heterocycles. The number of hydrogen-bond acceptors (Lipinski definition) is 4. The molecule has 0 aromatic heterocycles. The summed E-state index contributed by atoms with van der Waals surface area (Å²) >= 11 is 0. The molecule has 0 spiro atoms. The van der Waals surface area contributed by atoms with Gasteiger partial charge in [-0.1, -0.05) is 38.1 Å². The summed E-state index contributed by atoms with van der Waals surface area (Å²) in [5, 5.41) is 0. The number of hydrogen-bond donors (Lipinski definition) is 0. The zero-order chi connectivity index (χ0) is 25.4. The van der Waals surface area contributed by atoms with Gasteiger partial charge in [-0.25, -0.2) is 0 Å². The van der Waals surface area contributed by atoms with Gasteiger partial charge in [0.25, 0.3) is 0 Å². The van der Waals surface area contributed by atoms with Gasteiger partial charge in [-0.05, 0) is 62.3 Å². The van der Waals surface area contributed by atoms with Crippen LogP contribution in [-0.2, 0) is 12.7 Å². The molecule has 1 aliphatic heterocycles. The van der Waals surface area contributed by atoms with Crippen LogP contribution in [0, 0.1) is 0 Å². The predicted octanol–water partition coefficient (Wildman–Crippen LogP) is 6.08. The zero-order valence-corrected chi connectivity index (χ0v) is 21.5. The Kier molecular flexibility index (Phi) is 10.0. The Morgan fingerprint density at radius 2 is 1.49 bits per heavy atom. The molecule has 1 fully saturated rings. The molecule has 0 N–H and O–H groups in total. The maximum Gasteiger partial charge on any atom is 0.416 e. The Labute approximate surface area is 208 Å². The molecule has 1 unspecified atom stereocenters. The van der Waals surface area contributed by atoms with Crippen molar-refractivity contribution in [1.82, 2.24) is 14.7 Å². The van der Waals surface area contributed by atoms with E-state index in [2.05, 4.69) is 52.8 Å². The standard InChI is InChI=1S/C28H40F3N3O/c1-5-25(6-2)34-19-17-33(18-20-34)21-22-7-9-23(10-8-22)27(15-16-32(3)4)35-26-13-11-24(12-14-26)28(29,30)31/h7-14,25,27H,5-6,15-21H2,1-4H3. The molecule has 0 bridgehead atoms. The summed E-state index contributed by atoms with van der Waals surface area (Å²) in [4.78, 5) is 7.21. The molecule has 2 aromatic carbocycles. The third-order valence-corrected chi connectivity index (χ3v) is 6.92. The van der Waals surface area contributed by atoms with E-state index in [0.29, 0.717) is 11.8 Å². The summed E-state index contributed by atoms with van der Waals surface area (Å²) in [5.41, 5.74) is 1.64. The first-order valence-corrected chi connectivity index (χ1v) is 12.7. The molecule has 2 aromatic rings. The fourth-order valence-corrected chi connectivity index (χ4v) is 4.74. The Hall–Kier alpha value is -2.09. The lowest BCUT2D eigenvalue weighted by Crippen LogP contribution is -2.49. The number of benzene rings is 2. The van der Waals surface area contributed by atoms with Crippen LogP contribution in [0.2, 0.25) is 0 Å². The van der Waals surface area contributed by atoms with Crippen LogP contribution in [0.25, 0.3) is 0 Å². The number of piperazine rings is 1. The van der Waals surface area contributed by atoms with Crippen molar-refractivity contribution < 1.29 is 17.9 Å². The number of nitrogens with zero attached hydrogens (tertiary/aromatic N) is 3. The highest BCUT2D eigenvalue weighted by Gasteiger charge is 2.30. The normalized spacial score (nSPS) is 16.7. The van der Waals surface area contributed by atoms with E-state index < -0.39 is 11.7 Å². The number of ether oxygens (including phenoxy) is 1. The molecule has 3 rings (SSSR count). The molecule has 1 atom stereocenters. The molecule has 0 radical (unpaired) electrons. The van der Waals surface area contributed by atoms with Crippen LogP contribution in [0.4, 0.5) is 13.2 Å². The Morgan fingerprint density at radius 3 is 2.00 bits per heavy atom. The third kappa shape index (κ3) is 8.23. The number of rotatable bonds is 11. The van der Waals surface area contributed by atoms with E-state index in [9.17, 15) is 13.2 Å². The minimum Gasteiger partial charge on any atom is -0.486 e. The van der Waals surface area contributed by atoms with E-state index in [1.807, 2.05) is 14.1 Å². The van der Waals surface area contributed by atoms with Gasteiger partial charge in [0.1, 0.15) is 11.9 Å². The summed E-state index contributed by atoms with van der Waals surface area (Å²) in [6, 6.07) is 14.2. The van der Waals surface area contributed by atoms with Crippen molar-refractivity contribution in [2.45, 2.75) is 58.0 Å². The average Bonchev–Trinajstić information content (AvgIpc) is 2.84. The van der Waals surface area contributed by atoms with Crippen molar-refractivity contribution in [3.05, 3.63) is 65.2 Å². The molecule has 1 saturated heterocycles.